The number of phenolic OH excluding ortho intramolecular Hbond substituents is 1. The first kappa shape index (κ1) is 16.5. The second-order valence-electron chi connectivity index (χ2n) is 5.60. The van der Waals surface area contributed by atoms with Crippen LogP contribution in [0.15, 0.2) is 41.8 Å². The van der Waals surface area contributed by atoms with Gasteiger partial charge in [0, 0.05) is 16.5 Å². The van der Waals surface area contributed by atoms with E-state index >= 15 is 0 Å². The molecule has 0 saturated carbocycles. The maximum Gasteiger partial charge on any atom is 0.126 e. The van der Waals surface area contributed by atoms with Crippen LogP contribution in [0.4, 0.5) is 0 Å². The van der Waals surface area contributed by atoms with Crippen molar-refractivity contribution in [1.29, 1.82) is 0 Å². The van der Waals surface area contributed by atoms with Crippen LogP contribution in [-0.4, -0.2) is 17.2 Å². The summed E-state index contributed by atoms with van der Waals surface area (Å²) in [6, 6.07) is 11.9. The van der Waals surface area contributed by atoms with E-state index in [0.717, 1.165) is 46.0 Å². The van der Waals surface area contributed by atoms with Crippen LogP contribution in [0, 0.1) is 0 Å². The van der Waals surface area contributed by atoms with Gasteiger partial charge < -0.3 is 9.84 Å². The third-order valence-corrected chi connectivity index (χ3v) is 5.10. The van der Waals surface area contributed by atoms with Gasteiger partial charge in [0.2, 0.25) is 0 Å². The van der Waals surface area contributed by atoms with Gasteiger partial charge in [0.1, 0.15) is 11.5 Å². The molecule has 0 fully saturated rings. The Morgan fingerprint density at radius 2 is 1.88 bits per heavy atom. The molecule has 0 radical (unpaired) electrons. The lowest BCUT2D eigenvalue weighted by Gasteiger charge is -2.12. The molecule has 0 unspecified atom stereocenters. The fourth-order valence-electron chi connectivity index (χ4n) is 2.71. The summed E-state index contributed by atoms with van der Waals surface area (Å²) in [5.74, 6) is 1.08. The van der Waals surface area contributed by atoms with Gasteiger partial charge in [-0.3, -0.25) is 0 Å². The number of nitrogens with zero attached hydrogens (tertiary/aromatic N) is 1. The Kier molecular flexibility index (Phi) is 4.86. The average Bonchev–Trinajstić information content (AvgIpc) is 3.10. The first-order chi connectivity index (χ1) is 11.7. The maximum atomic E-state index is 10.3. The lowest BCUT2D eigenvalue weighted by atomic mass is 9.98. The lowest BCUT2D eigenvalue weighted by molar-refractivity contribution is 0.416. The zero-order valence-electron chi connectivity index (χ0n) is 14.2. The first-order valence-corrected chi connectivity index (χ1v) is 8.99. The highest BCUT2D eigenvalue weighted by Crippen LogP contribution is 2.37. The van der Waals surface area contributed by atoms with Crippen LogP contribution in [0.25, 0.3) is 22.4 Å². The van der Waals surface area contributed by atoms with Gasteiger partial charge in [-0.1, -0.05) is 26.0 Å². The van der Waals surface area contributed by atoms with Crippen molar-refractivity contribution in [3.8, 4) is 33.9 Å². The standard InChI is InChI=1S/C20H21NO2S/c1-4-13-6-9-19(23-3)15(10-13)14-7-8-18(22)16(11-14)17-12-24-20(5-2)21-17/h6-12,22H,4-5H2,1-3H3. The molecule has 0 aliphatic carbocycles. The molecule has 0 spiro atoms. The van der Waals surface area contributed by atoms with Gasteiger partial charge in [-0.25, -0.2) is 4.98 Å². The minimum Gasteiger partial charge on any atom is -0.507 e. The highest BCUT2D eigenvalue weighted by Gasteiger charge is 2.13. The molecule has 124 valence electrons. The molecule has 0 aliphatic heterocycles. The Labute approximate surface area is 146 Å². The minimum atomic E-state index is 0.248. The molecule has 0 atom stereocenters. The Morgan fingerprint density at radius 3 is 2.54 bits per heavy atom. The van der Waals surface area contributed by atoms with Crippen molar-refractivity contribution in [2.45, 2.75) is 26.7 Å². The number of phenols is 1. The number of thiazole rings is 1. The summed E-state index contributed by atoms with van der Waals surface area (Å²) in [4.78, 5) is 4.60. The summed E-state index contributed by atoms with van der Waals surface area (Å²) in [7, 11) is 1.68. The zero-order chi connectivity index (χ0) is 17.1. The fraction of sp³-hybridized carbons (Fsp3) is 0.250. The third kappa shape index (κ3) is 3.15. The summed E-state index contributed by atoms with van der Waals surface area (Å²) in [5, 5.41) is 13.3. The molecule has 1 N–H and O–H groups in total. The van der Waals surface area contributed by atoms with Crippen LogP contribution in [0.1, 0.15) is 24.4 Å². The van der Waals surface area contributed by atoms with E-state index in [1.54, 1.807) is 24.5 Å². The van der Waals surface area contributed by atoms with E-state index < -0.39 is 0 Å². The molecule has 0 bridgehead atoms. The second-order valence-corrected chi connectivity index (χ2v) is 6.54. The van der Waals surface area contributed by atoms with Crippen molar-refractivity contribution < 1.29 is 9.84 Å². The van der Waals surface area contributed by atoms with Crippen LogP contribution in [-0.2, 0) is 12.8 Å². The number of benzene rings is 2. The van der Waals surface area contributed by atoms with Crippen LogP contribution in [0.3, 0.4) is 0 Å². The maximum absolute atomic E-state index is 10.3. The van der Waals surface area contributed by atoms with Crippen LogP contribution >= 0.6 is 11.3 Å². The molecule has 0 amide bonds. The number of aryl methyl sites for hydroxylation is 2. The number of hydrogen-bond donors (Lipinski definition) is 1. The van der Waals surface area contributed by atoms with Crippen molar-refractivity contribution in [3.05, 3.63) is 52.3 Å². The summed E-state index contributed by atoms with van der Waals surface area (Å²) in [5.41, 5.74) is 4.88. The topological polar surface area (TPSA) is 42.4 Å². The summed E-state index contributed by atoms with van der Waals surface area (Å²) < 4.78 is 5.52. The normalized spacial score (nSPS) is 10.8. The van der Waals surface area contributed by atoms with E-state index in [2.05, 4.69) is 31.0 Å². The zero-order valence-corrected chi connectivity index (χ0v) is 15.0. The van der Waals surface area contributed by atoms with E-state index in [9.17, 15) is 5.11 Å². The molecular formula is C20H21NO2S. The van der Waals surface area contributed by atoms with Gasteiger partial charge in [-0.15, -0.1) is 11.3 Å². The number of aromatic nitrogens is 1. The Balaban J connectivity index is 2.12. The van der Waals surface area contributed by atoms with Gasteiger partial charge in [-0.05, 0) is 48.2 Å². The van der Waals surface area contributed by atoms with Crippen molar-refractivity contribution in [3.63, 3.8) is 0 Å². The molecular weight excluding hydrogens is 318 g/mol. The molecule has 1 heterocycles. The number of ether oxygens (including phenoxy) is 1. The Hall–Kier alpha value is -2.33. The number of rotatable bonds is 5. The Morgan fingerprint density at radius 1 is 1.04 bits per heavy atom. The Bertz CT molecular complexity index is 855. The van der Waals surface area contributed by atoms with Gasteiger partial charge in [0.25, 0.3) is 0 Å². The van der Waals surface area contributed by atoms with Crippen molar-refractivity contribution in [2.75, 3.05) is 7.11 Å². The van der Waals surface area contributed by atoms with Gasteiger partial charge >= 0.3 is 0 Å². The molecule has 2 aromatic carbocycles. The molecule has 24 heavy (non-hydrogen) atoms. The van der Waals surface area contributed by atoms with E-state index in [1.807, 2.05) is 23.6 Å². The molecule has 0 aliphatic rings. The SMILES string of the molecule is CCc1ccc(OC)c(-c2ccc(O)c(-c3csc(CC)n3)c2)c1. The molecule has 3 nitrogen and oxygen atoms in total. The predicted molar refractivity (Wildman–Crippen MR) is 100.0 cm³/mol. The second kappa shape index (κ2) is 7.05. The van der Waals surface area contributed by atoms with E-state index in [0.29, 0.717) is 0 Å². The first-order valence-electron chi connectivity index (χ1n) is 8.11. The molecule has 4 heteroatoms. The molecule has 0 saturated heterocycles. The average molecular weight is 339 g/mol. The lowest BCUT2D eigenvalue weighted by Crippen LogP contribution is -1.91. The number of aromatic hydroxyl groups is 1. The van der Waals surface area contributed by atoms with Crippen LogP contribution in [0.5, 0.6) is 11.5 Å². The van der Waals surface area contributed by atoms with E-state index in [4.69, 9.17) is 4.74 Å². The quantitative estimate of drug-likeness (QED) is 0.684. The molecule has 1 aromatic heterocycles. The summed E-state index contributed by atoms with van der Waals surface area (Å²) in [6.45, 7) is 4.22. The third-order valence-electron chi connectivity index (χ3n) is 4.11. The highest BCUT2D eigenvalue weighted by molar-refractivity contribution is 7.09. The summed E-state index contributed by atoms with van der Waals surface area (Å²) in [6.07, 6.45) is 1.87. The van der Waals surface area contributed by atoms with Crippen molar-refractivity contribution in [2.24, 2.45) is 0 Å². The minimum absolute atomic E-state index is 0.248. The van der Waals surface area contributed by atoms with E-state index in [-0.39, 0.29) is 5.75 Å². The largest absolute Gasteiger partial charge is 0.507 e. The van der Waals surface area contributed by atoms with E-state index in [1.165, 1.54) is 5.56 Å². The van der Waals surface area contributed by atoms with Gasteiger partial charge in [0.05, 0.1) is 17.8 Å². The van der Waals surface area contributed by atoms with Crippen LogP contribution < -0.4 is 4.74 Å². The van der Waals surface area contributed by atoms with Crippen molar-refractivity contribution in [1.82, 2.24) is 4.98 Å². The van der Waals surface area contributed by atoms with Crippen molar-refractivity contribution >= 4 is 11.3 Å². The highest BCUT2D eigenvalue weighted by atomic mass is 32.1. The monoisotopic (exact) mass is 339 g/mol. The predicted octanol–water partition coefficient (Wildman–Crippen LogP) is 5.32. The summed E-state index contributed by atoms with van der Waals surface area (Å²) >= 11 is 1.62. The van der Waals surface area contributed by atoms with Gasteiger partial charge in [-0.2, -0.15) is 0 Å². The fourth-order valence-corrected chi connectivity index (χ4v) is 3.45. The number of hydrogen-bond acceptors (Lipinski definition) is 4. The van der Waals surface area contributed by atoms with Crippen LogP contribution in [0.2, 0.25) is 0 Å². The van der Waals surface area contributed by atoms with Gasteiger partial charge in [0.15, 0.2) is 0 Å². The molecule has 3 aromatic rings. The smallest absolute Gasteiger partial charge is 0.126 e. The molecule has 3 rings (SSSR count). The number of methoxy groups -OCH3 is 1.